The third-order valence-corrected chi connectivity index (χ3v) is 4.82. The lowest BCUT2D eigenvalue weighted by molar-refractivity contribution is 0.377. The SMILES string of the molecule is Nc1csc(S(=O)(=O)NCCc2ncno2)c1. The summed E-state index contributed by atoms with van der Waals surface area (Å²) >= 11 is 1.08. The molecule has 3 N–H and O–H groups in total. The van der Waals surface area contributed by atoms with Gasteiger partial charge in [0.1, 0.15) is 4.21 Å². The zero-order valence-corrected chi connectivity index (χ0v) is 10.3. The number of nitrogen functional groups attached to an aromatic ring is 1. The highest BCUT2D eigenvalue weighted by Crippen LogP contribution is 2.21. The number of hydrogen-bond acceptors (Lipinski definition) is 7. The largest absolute Gasteiger partial charge is 0.398 e. The zero-order valence-electron chi connectivity index (χ0n) is 8.66. The van der Waals surface area contributed by atoms with Gasteiger partial charge >= 0.3 is 0 Å². The molecule has 0 atom stereocenters. The number of thiophene rings is 1. The monoisotopic (exact) mass is 274 g/mol. The fourth-order valence-electron chi connectivity index (χ4n) is 1.14. The number of nitrogens with two attached hydrogens (primary N) is 1. The minimum Gasteiger partial charge on any atom is -0.398 e. The molecule has 0 aliphatic heterocycles. The van der Waals surface area contributed by atoms with E-state index < -0.39 is 10.0 Å². The van der Waals surface area contributed by atoms with Crippen LogP contribution in [0.2, 0.25) is 0 Å². The van der Waals surface area contributed by atoms with Crippen LogP contribution in [0, 0.1) is 0 Å². The molecule has 2 aromatic heterocycles. The van der Waals surface area contributed by atoms with Gasteiger partial charge in [-0.15, -0.1) is 11.3 Å². The number of anilines is 1. The standard InChI is InChI=1S/C8H10N4O3S2/c9-6-3-8(16-4-6)17(13,14)12-2-1-7-10-5-11-15-7/h3-5,12H,1-2,9H2. The Morgan fingerprint density at radius 2 is 2.35 bits per heavy atom. The van der Waals surface area contributed by atoms with Gasteiger partial charge in [0.25, 0.3) is 0 Å². The maximum atomic E-state index is 11.8. The van der Waals surface area contributed by atoms with E-state index in [-0.39, 0.29) is 10.8 Å². The van der Waals surface area contributed by atoms with Crippen molar-refractivity contribution in [3.05, 3.63) is 23.7 Å². The summed E-state index contributed by atoms with van der Waals surface area (Å²) in [6.45, 7) is 0.197. The van der Waals surface area contributed by atoms with E-state index in [9.17, 15) is 8.42 Å². The third-order valence-electron chi connectivity index (χ3n) is 1.90. The van der Waals surface area contributed by atoms with Crippen molar-refractivity contribution >= 4 is 27.0 Å². The molecule has 2 aromatic rings. The first-order valence-electron chi connectivity index (χ1n) is 4.67. The van der Waals surface area contributed by atoms with E-state index in [4.69, 9.17) is 10.3 Å². The van der Waals surface area contributed by atoms with Crippen LogP contribution in [-0.2, 0) is 16.4 Å². The van der Waals surface area contributed by atoms with Crippen LogP contribution < -0.4 is 10.5 Å². The molecule has 9 heteroatoms. The van der Waals surface area contributed by atoms with Gasteiger partial charge in [-0.2, -0.15) is 4.98 Å². The van der Waals surface area contributed by atoms with Crippen molar-refractivity contribution in [2.45, 2.75) is 10.6 Å². The van der Waals surface area contributed by atoms with Crippen LogP contribution in [0.25, 0.3) is 0 Å². The molecule has 0 saturated carbocycles. The molecule has 0 unspecified atom stereocenters. The molecule has 0 aromatic carbocycles. The Morgan fingerprint density at radius 3 is 2.94 bits per heavy atom. The van der Waals surface area contributed by atoms with E-state index in [1.165, 1.54) is 12.4 Å². The maximum absolute atomic E-state index is 11.8. The van der Waals surface area contributed by atoms with Crippen molar-refractivity contribution in [3.8, 4) is 0 Å². The summed E-state index contributed by atoms with van der Waals surface area (Å²) in [6.07, 6.45) is 1.61. The second-order valence-electron chi connectivity index (χ2n) is 3.18. The van der Waals surface area contributed by atoms with E-state index in [0.717, 1.165) is 11.3 Å². The van der Waals surface area contributed by atoms with E-state index in [1.54, 1.807) is 5.38 Å². The van der Waals surface area contributed by atoms with Crippen molar-refractivity contribution in [2.75, 3.05) is 12.3 Å². The molecule has 0 saturated heterocycles. The summed E-state index contributed by atoms with van der Waals surface area (Å²) in [5, 5.41) is 5.00. The number of nitrogens with zero attached hydrogens (tertiary/aromatic N) is 2. The molecule has 0 aliphatic carbocycles. The summed E-state index contributed by atoms with van der Waals surface area (Å²) < 4.78 is 30.9. The quantitative estimate of drug-likeness (QED) is 0.807. The van der Waals surface area contributed by atoms with Gasteiger partial charge in [0.2, 0.25) is 15.9 Å². The van der Waals surface area contributed by atoms with Crippen LogP contribution in [-0.4, -0.2) is 25.1 Å². The normalized spacial score (nSPS) is 11.8. The van der Waals surface area contributed by atoms with Crippen LogP contribution in [0.5, 0.6) is 0 Å². The van der Waals surface area contributed by atoms with Crippen molar-refractivity contribution in [1.29, 1.82) is 0 Å². The van der Waals surface area contributed by atoms with Gasteiger partial charge in [-0.3, -0.25) is 0 Å². The molecule has 2 heterocycles. The lowest BCUT2D eigenvalue weighted by Crippen LogP contribution is -2.25. The van der Waals surface area contributed by atoms with Gasteiger partial charge in [0, 0.05) is 24.0 Å². The topological polar surface area (TPSA) is 111 Å². The van der Waals surface area contributed by atoms with E-state index >= 15 is 0 Å². The molecule has 7 nitrogen and oxygen atoms in total. The smallest absolute Gasteiger partial charge is 0.250 e. The third kappa shape index (κ3) is 3.02. The Labute approximate surface area is 102 Å². The highest BCUT2D eigenvalue weighted by atomic mass is 32.2. The van der Waals surface area contributed by atoms with Gasteiger partial charge in [0.15, 0.2) is 6.33 Å². The molecule has 0 bridgehead atoms. The fraction of sp³-hybridized carbons (Fsp3) is 0.250. The van der Waals surface area contributed by atoms with Crippen molar-refractivity contribution in [2.24, 2.45) is 0 Å². The molecular weight excluding hydrogens is 264 g/mol. The molecule has 0 radical (unpaired) electrons. The Kier molecular flexibility index (Phi) is 3.41. The summed E-state index contributed by atoms with van der Waals surface area (Å²) in [5.41, 5.74) is 5.90. The molecule has 0 spiro atoms. The minimum absolute atomic E-state index is 0.195. The van der Waals surface area contributed by atoms with E-state index in [2.05, 4.69) is 14.9 Å². The molecule has 0 aliphatic rings. The van der Waals surface area contributed by atoms with Crippen LogP contribution in [0.3, 0.4) is 0 Å². The molecule has 0 amide bonds. The summed E-state index contributed by atoms with van der Waals surface area (Å²) in [5.74, 6) is 0.387. The van der Waals surface area contributed by atoms with Crippen LogP contribution >= 0.6 is 11.3 Å². The minimum atomic E-state index is -3.49. The zero-order chi connectivity index (χ0) is 12.3. The Bertz CT molecular complexity index is 576. The summed E-state index contributed by atoms with van der Waals surface area (Å²) in [4.78, 5) is 3.78. The maximum Gasteiger partial charge on any atom is 0.250 e. The molecular formula is C8H10N4O3S2. The first-order valence-corrected chi connectivity index (χ1v) is 7.03. The Morgan fingerprint density at radius 1 is 1.53 bits per heavy atom. The molecule has 2 rings (SSSR count). The summed E-state index contributed by atoms with van der Waals surface area (Å²) in [6, 6.07) is 1.42. The van der Waals surface area contributed by atoms with Crippen molar-refractivity contribution in [1.82, 2.24) is 14.9 Å². The summed E-state index contributed by atoms with van der Waals surface area (Å²) in [7, 11) is -3.49. The number of rotatable bonds is 5. The second kappa shape index (κ2) is 4.82. The first-order chi connectivity index (χ1) is 8.08. The molecule has 92 valence electrons. The lowest BCUT2D eigenvalue weighted by Gasteiger charge is -2.01. The Hall–Kier alpha value is -1.45. The van der Waals surface area contributed by atoms with Crippen LogP contribution in [0.1, 0.15) is 5.89 Å². The Balaban J connectivity index is 1.94. The first kappa shape index (κ1) is 12.0. The average Bonchev–Trinajstić information content (AvgIpc) is 2.89. The van der Waals surface area contributed by atoms with Crippen molar-refractivity contribution < 1.29 is 12.9 Å². The lowest BCUT2D eigenvalue weighted by atomic mass is 10.4. The highest BCUT2D eigenvalue weighted by Gasteiger charge is 2.15. The predicted molar refractivity (Wildman–Crippen MR) is 61.9 cm³/mol. The van der Waals surface area contributed by atoms with Gasteiger partial charge in [0.05, 0.1) is 0 Å². The van der Waals surface area contributed by atoms with E-state index in [0.29, 0.717) is 18.0 Å². The van der Waals surface area contributed by atoms with Gasteiger partial charge < -0.3 is 10.3 Å². The molecule has 17 heavy (non-hydrogen) atoms. The fourth-order valence-corrected chi connectivity index (χ4v) is 3.30. The number of sulfonamides is 1. The molecule has 0 fully saturated rings. The number of hydrogen-bond donors (Lipinski definition) is 2. The number of aromatic nitrogens is 2. The number of nitrogens with one attached hydrogen (secondary N) is 1. The van der Waals surface area contributed by atoms with Gasteiger partial charge in [-0.1, -0.05) is 5.16 Å². The van der Waals surface area contributed by atoms with Crippen molar-refractivity contribution in [3.63, 3.8) is 0 Å². The second-order valence-corrected chi connectivity index (χ2v) is 6.09. The van der Waals surface area contributed by atoms with E-state index in [1.807, 2.05) is 0 Å². The van der Waals surface area contributed by atoms with Gasteiger partial charge in [-0.05, 0) is 6.07 Å². The van der Waals surface area contributed by atoms with Gasteiger partial charge in [-0.25, -0.2) is 13.1 Å². The predicted octanol–water partition coefficient (Wildman–Crippen LogP) is 0.234. The van der Waals surface area contributed by atoms with Crippen LogP contribution in [0.4, 0.5) is 5.69 Å². The average molecular weight is 274 g/mol. The van der Waals surface area contributed by atoms with Crippen LogP contribution in [0.15, 0.2) is 26.5 Å². The highest BCUT2D eigenvalue weighted by molar-refractivity contribution is 7.91.